The molecule has 1 saturated carbocycles. The van der Waals surface area contributed by atoms with Gasteiger partial charge in [0.15, 0.2) is 5.78 Å². The topological polar surface area (TPSA) is 46.2 Å². The van der Waals surface area contributed by atoms with E-state index in [1.807, 2.05) is 19.1 Å². The first kappa shape index (κ1) is 11.8. The lowest BCUT2D eigenvalue weighted by Crippen LogP contribution is -2.27. The van der Waals surface area contributed by atoms with Crippen LogP contribution in [0, 0.1) is 5.92 Å². The summed E-state index contributed by atoms with van der Waals surface area (Å²) in [6, 6.07) is 7.40. The molecule has 0 heterocycles. The summed E-state index contributed by atoms with van der Waals surface area (Å²) in [5.41, 5.74) is 1.73. The molecule has 1 aromatic rings. The molecule has 1 amide bonds. The molecule has 0 bridgehead atoms. The predicted octanol–water partition coefficient (Wildman–Crippen LogP) is 2.48. The van der Waals surface area contributed by atoms with Gasteiger partial charge in [-0.1, -0.05) is 24.3 Å². The van der Waals surface area contributed by atoms with E-state index in [0.29, 0.717) is 5.56 Å². The minimum atomic E-state index is 0.00380. The number of carbonyl (C=O) groups is 2. The highest BCUT2D eigenvalue weighted by Gasteiger charge is 2.30. The minimum Gasteiger partial charge on any atom is -0.349 e. The van der Waals surface area contributed by atoms with Crippen molar-refractivity contribution in [2.75, 3.05) is 0 Å². The summed E-state index contributed by atoms with van der Waals surface area (Å²) in [7, 11) is 0. The van der Waals surface area contributed by atoms with Crippen LogP contribution in [-0.4, -0.2) is 11.7 Å². The number of carbonyl (C=O) groups excluding carboxylic acids is 2. The maximum absolute atomic E-state index is 11.6. The smallest absolute Gasteiger partial charge is 0.223 e. The Morgan fingerprint density at radius 3 is 2.29 bits per heavy atom. The number of rotatable bonds is 4. The van der Waals surface area contributed by atoms with Crippen LogP contribution in [0.25, 0.3) is 0 Å². The van der Waals surface area contributed by atoms with Crippen LogP contribution in [0.1, 0.15) is 48.7 Å². The molecule has 17 heavy (non-hydrogen) atoms. The second kappa shape index (κ2) is 4.70. The first-order valence-electron chi connectivity index (χ1n) is 5.99. The molecular formula is C14H17NO2. The maximum Gasteiger partial charge on any atom is 0.223 e. The van der Waals surface area contributed by atoms with Crippen LogP contribution in [0.2, 0.25) is 0 Å². The lowest BCUT2D eigenvalue weighted by molar-refractivity contribution is -0.122. The van der Waals surface area contributed by atoms with E-state index in [2.05, 4.69) is 5.32 Å². The van der Waals surface area contributed by atoms with E-state index in [0.717, 1.165) is 18.4 Å². The molecule has 90 valence electrons. The van der Waals surface area contributed by atoms with E-state index in [9.17, 15) is 9.59 Å². The second-order valence-corrected chi connectivity index (χ2v) is 4.68. The van der Waals surface area contributed by atoms with Gasteiger partial charge in [0.2, 0.25) is 5.91 Å². The van der Waals surface area contributed by atoms with Crippen molar-refractivity contribution in [3.63, 3.8) is 0 Å². The summed E-state index contributed by atoms with van der Waals surface area (Å²) in [4.78, 5) is 22.7. The van der Waals surface area contributed by atoms with Crippen molar-refractivity contribution in [1.29, 1.82) is 0 Å². The monoisotopic (exact) mass is 231 g/mol. The van der Waals surface area contributed by atoms with E-state index in [1.54, 1.807) is 19.1 Å². The predicted molar refractivity (Wildman–Crippen MR) is 65.7 cm³/mol. The fourth-order valence-electron chi connectivity index (χ4n) is 1.77. The van der Waals surface area contributed by atoms with Crippen molar-refractivity contribution in [3.05, 3.63) is 35.4 Å². The summed E-state index contributed by atoms with van der Waals surface area (Å²) in [5.74, 6) is 0.438. The van der Waals surface area contributed by atoms with Gasteiger partial charge >= 0.3 is 0 Å². The Hall–Kier alpha value is -1.64. The van der Waals surface area contributed by atoms with E-state index in [4.69, 9.17) is 0 Å². The summed E-state index contributed by atoms with van der Waals surface area (Å²) in [6.45, 7) is 3.51. The van der Waals surface area contributed by atoms with E-state index < -0.39 is 0 Å². The summed E-state index contributed by atoms with van der Waals surface area (Å²) < 4.78 is 0. The Morgan fingerprint density at radius 2 is 1.82 bits per heavy atom. The average Bonchev–Trinajstić information content (AvgIpc) is 3.12. The van der Waals surface area contributed by atoms with Crippen molar-refractivity contribution in [3.8, 4) is 0 Å². The van der Waals surface area contributed by atoms with Crippen LogP contribution in [0.15, 0.2) is 24.3 Å². The zero-order valence-electron chi connectivity index (χ0n) is 10.2. The third-order valence-electron chi connectivity index (χ3n) is 3.12. The number of hydrogen-bond acceptors (Lipinski definition) is 2. The van der Waals surface area contributed by atoms with Crippen LogP contribution in [0.5, 0.6) is 0 Å². The van der Waals surface area contributed by atoms with Crippen molar-refractivity contribution < 1.29 is 9.59 Å². The summed E-state index contributed by atoms with van der Waals surface area (Å²) in [5, 5.41) is 2.98. The fraction of sp³-hybridized carbons (Fsp3) is 0.429. The molecule has 0 radical (unpaired) electrons. The fourth-order valence-corrected chi connectivity index (χ4v) is 1.77. The third-order valence-corrected chi connectivity index (χ3v) is 3.12. The Kier molecular flexibility index (Phi) is 3.27. The molecule has 0 aromatic heterocycles. The van der Waals surface area contributed by atoms with Gasteiger partial charge in [-0.15, -0.1) is 0 Å². The molecule has 1 aliphatic carbocycles. The molecule has 0 aliphatic heterocycles. The number of nitrogens with one attached hydrogen (secondary N) is 1. The van der Waals surface area contributed by atoms with Gasteiger partial charge in [0.1, 0.15) is 0 Å². The molecular weight excluding hydrogens is 214 g/mol. The van der Waals surface area contributed by atoms with Crippen molar-refractivity contribution in [1.82, 2.24) is 5.32 Å². The third kappa shape index (κ3) is 2.93. The van der Waals surface area contributed by atoms with E-state index in [-0.39, 0.29) is 23.7 Å². The molecule has 1 N–H and O–H groups in total. The van der Waals surface area contributed by atoms with Crippen LogP contribution >= 0.6 is 0 Å². The first-order chi connectivity index (χ1) is 8.08. The SMILES string of the molecule is CC(=O)c1ccc(C(C)NC(=O)C2CC2)cc1. The highest BCUT2D eigenvalue weighted by atomic mass is 16.2. The molecule has 1 aromatic carbocycles. The van der Waals surface area contributed by atoms with Gasteiger partial charge in [-0.2, -0.15) is 0 Å². The highest BCUT2D eigenvalue weighted by molar-refractivity contribution is 5.94. The van der Waals surface area contributed by atoms with Crippen molar-refractivity contribution >= 4 is 11.7 Å². The normalized spacial score (nSPS) is 16.4. The van der Waals surface area contributed by atoms with Crippen LogP contribution < -0.4 is 5.32 Å². The largest absolute Gasteiger partial charge is 0.349 e. The number of hydrogen-bond donors (Lipinski definition) is 1. The maximum atomic E-state index is 11.6. The van der Waals surface area contributed by atoms with Gasteiger partial charge in [0.25, 0.3) is 0 Å². The molecule has 0 spiro atoms. The van der Waals surface area contributed by atoms with Gasteiger partial charge in [0, 0.05) is 11.5 Å². The Balaban J connectivity index is 2.00. The Labute approximate surface area is 101 Å². The quantitative estimate of drug-likeness (QED) is 0.809. The highest BCUT2D eigenvalue weighted by Crippen LogP contribution is 2.29. The van der Waals surface area contributed by atoms with Gasteiger partial charge < -0.3 is 5.32 Å². The van der Waals surface area contributed by atoms with Gasteiger partial charge in [0.05, 0.1) is 6.04 Å². The lowest BCUT2D eigenvalue weighted by Gasteiger charge is -2.14. The number of ketones is 1. The number of amides is 1. The molecule has 0 saturated heterocycles. The average molecular weight is 231 g/mol. The van der Waals surface area contributed by atoms with Crippen LogP contribution in [-0.2, 0) is 4.79 Å². The van der Waals surface area contributed by atoms with E-state index in [1.165, 1.54) is 0 Å². The zero-order chi connectivity index (χ0) is 12.4. The summed E-state index contributed by atoms with van der Waals surface area (Å²) in [6.07, 6.45) is 2.03. The Bertz CT molecular complexity index is 432. The molecule has 3 heteroatoms. The van der Waals surface area contributed by atoms with Crippen LogP contribution in [0.3, 0.4) is 0 Å². The lowest BCUT2D eigenvalue weighted by atomic mass is 10.0. The second-order valence-electron chi connectivity index (χ2n) is 4.68. The molecule has 2 rings (SSSR count). The molecule has 1 aliphatic rings. The van der Waals surface area contributed by atoms with Gasteiger partial charge in [-0.25, -0.2) is 0 Å². The summed E-state index contributed by atoms with van der Waals surface area (Å²) >= 11 is 0. The van der Waals surface area contributed by atoms with Crippen LogP contribution in [0.4, 0.5) is 0 Å². The van der Waals surface area contributed by atoms with Crippen molar-refractivity contribution in [2.45, 2.75) is 32.7 Å². The first-order valence-corrected chi connectivity index (χ1v) is 5.99. The van der Waals surface area contributed by atoms with Gasteiger partial charge in [-0.3, -0.25) is 9.59 Å². The number of Topliss-reactive ketones (excluding diaryl/α,β-unsaturated/α-hetero) is 1. The molecule has 1 fully saturated rings. The standard InChI is InChI=1S/C14H17NO2/c1-9(15-14(17)13-7-8-13)11-3-5-12(6-4-11)10(2)16/h3-6,9,13H,7-8H2,1-2H3,(H,15,17). The number of benzene rings is 1. The molecule has 3 nitrogen and oxygen atoms in total. The van der Waals surface area contributed by atoms with E-state index >= 15 is 0 Å². The zero-order valence-corrected chi connectivity index (χ0v) is 10.2. The minimum absolute atomic E-state index is 0.00380. The Morgan fingerprint density at radius 1 is 1.24 bits per heavy atom. The molecule has 1 atom stereocenters. The van der Waals surface area contributed by atoms with Crippen molar-refractivity contribution in [2.24, 2.45) is 5.92 Å². The van der Waals surface area contributed by atoms with Gasteiger partial charge in [-0.05, 0) is 32.3 Å². The molecule has 1 unspecified atom stereocenters.